The molecule has 0 bridgehead atoms. The van der Waals surface area contributed by atoms with Gasteiger partial charge in [-0.2, -0.15) is 5.26 Å². The van der Waals surface area contributed by atoms with Crippen molar-refractivity contribution in [2.24, 2.45) is 5.92 Å². The zero-order valence-corrected chi connectivity index (χ0v) is 11.7. The molecule has 16 heavy (non-hydrogen) atoms. The second kappa shape index (κ2) is 4.34. The largest absolute Gasteiger partial charge is 0.229 e. The average molecular weight is 267 g/mol. The number of nitriles is 1. The van der Waals surface area contributed by atoms with E-state index in [1.54, 1.807) is 6.07 Å². The van der Waals surface area contributed by atoms with E-state index in [1.807, 2.05) is 0 Å². The van der Waals surface area contributed by atoms with E-state index in [1.165, 1.54) is 20.8 Å². The SMILES string of the molecule is CC(C)C(C#N)(C(C)S(C)(=O)=O)S(C)(=O)=O. The Bertz CT molecular complexity index is 498. The minimum atomic E-state index is -3.80. The molecule has 5 nitrogen and oxygen atoms in total. The van der Waals surface area contributed by atoms with Gasteiger partial charge in [-0.05, 0) is 12.8 Å². The maximum absolute atomic E-state index is 11.7. The van der Waals surface area contributed by atoms with E-state index in [4.69, 9.17) is 5.26 Å². The molecule has 0 amide bonds. The monoisotopic (exact) mass is 267 g/mol. The van der Waals surface area contributed by atoms with E-state index in [0.29, 0.717) is 0 Å². The highest BCUT2D eigenvalue weighted by molar-refractivity contribution is 7.96. The van der Waals surface area contributed by atoms with Crippen LogP contribution in [0, 0.1) is 17.2 Å². The molecule has 0 heterocycles. The van der Waals surface area contributed by atoms with Crippen molar-refractivity contribution in [1.82, 2.24) is 0 Å². The van der Waals surface area contributed by atoms with E-state index < -0.39 is 35.6 Å². The molecule has 0 aliphatic heterocycles. The third-order valence-electron chi connectivity index (χ3n) is 2.89. The van der Waals surface area contributed by atoms with Crippen molar-refractivity contribution in [1.29, 1.82) is 5.26 Å². The molecule has 0 saturated heterocycles. The summed E-state index contributed by atoms with van der Waals surface area (Å²) in [6.45, 7) is 4.33. The van der Waals surface area contributed by atoms with Gasteiger partial charge in [0.25, 0.3) is 0 Å². The Labute approximate surface area is 97.3 Å². The van der Waals surface area contributed by atoms with Crippen LogP contribution in [0.25, 0.3) is 0 Å². The second-order valence-corrected chi connectivity index (χ2v) is 8.89. The van der Waals surface area contributed by atoms with Gasteiger partial charge in [-0.3, -0.25) is 0 Å². The van der Waals surface area contributed by atoms with Gasteiger partial charge >= 0.3 is 0 Å². The molecule has 0 aromatic heterocycles. The van der Waals surface area contributed by atoms with Crippen LogP contribution in [-0.4, -0.2) is 39.3 Å². The highest BCUT2D eigenvalue weighted by Crippen LogP contribution is 2.33. The van der Waals surface area contributed by atoms with Crippen LogP contribution in [0.15, 0.2) is 0 Å². The van der Waals surface area contributed by atoms with E-state index in [-0.39, 0.29) is 0 Å². The summed E-state index contributed by atoms with van der Waals surface area (Å²) in [4.78, 5) is 0. The first kappa shape index (κ1) is 15.4. The summed E-state index contributed by atoms with van der Waals surface area (Å²) < 4.78 is 44.5. The van der Waals surface area contributed by atoms with E-state index in [0.717, 1.165) is 12.5 Å². The minimum absolute atomic E-state index is 0.600. The summed E-state index contributed by atoms with van der Waals surface area (Å²) in [5.41, 5.74) is 0. The molecular formula is C9H17NO4S2. The zero-order chi connectivity index (χ0) is 13.4. The van der Waals surface area contributed by atoms with Crippen molar-refractivity contribution in [3.8, 4) is 6.07 Å². The molecule has 0 saturated carbocycles. The molecule has 2 unspecified atom stereocenters. The van der Waals surface area contributed by atoms with E-state index in [2.05, 4.69) is 0 Å². The Hall–Kier alpha value is -0.610. The van der Waals surface area contributed by atoms with Crippen molar-refractivity contribution < 1.29 is 16.8 Å². The Balaban J connectivity index is 6.13. The molecule has 0 rings (SSSR count). The van der Waals surface area contributed by atoms with Gasteiger partial charge in [0.1, 0.15) is 0 Å². The summed E-state index contributed by atoms with van der Waals surface area (Å²) in [6, 6.07) is 1.69. The van der Waals surface area contributed by atoms with Gasteiger partial charge in [-0.1, -0.05) is 13.8 Å². The van der Waals surface area contributed by atoms with Crippen molar-refractivity contribution in [2.45, 2.75) is 30.8 Å². The van der Waals surface area contributed by atoms with E-state index >= 15 is 0 Å². The van der Waals surface area contributed by atoms with Gasteiger partial charge in [0, 0.05) is 12.5 Å². The predicted octanol–water partition coefficient (Wildman–Crippen LogP) is 0.382. The molecule has 0 N–H and O–H groups in total. The normalized spacial score (nSPS) is 18.8. The maximum atomic E-state index is 11.7. The first-order chi connectivity index (χ1) is 6.91. The molecule has 0 aliphatic rings. The third-order valence-corrected chi connectivity index (χ3v) is 6.84. The first-order valence-corrected chi connectivity index (χ1v) is 8.55. The van der Waals surface area contributed by atoms with Crippen LogP contribution in [0.4, 0.5) is 0 Å². The summed E-state index contributed by atoms with van der Waals surface area (Å²) in [6.07, 6.45) is 1.84. The number of rotatable bonds is 4. The molecule has 0 aromatic carbocycles. The maximum Gasteiger partial charge on any atom is 0.176 e. The lowest BCUT2D eigenvalue weighted by Gasteiger charge is -2.33. The van der Waals surface area contributed by atoms with Crippen molar-refractivity contribution in [2.75, 3.05) is 12.5 Å². The Morgan fingerprint density at radius 1 is 1.06 bits per heavy atom. The number of hydrogen-bond acceptors (Lipinski definition) is 5. The fourth-order valence-corrected chi connectivity index (χ4v) is 5.45. The fraction of sp³-hybridized carbons (Fsp3) is 0.889. The summed E-state index contributed by atoms with van der Waals surface area (Å²) in [7, 11) is -7.40. The van der Waals surface area contributed by atoms with Crippen LogP contribution in [0.2, 0.25) is 0 Å². The Kier molecular flexibility index (Phi) is 4.17. The zero-order valence-electron chi connectivity index (χ0n) is 10.1. The molecule has 0 aliphatic carbocycles. The Morgan fingerprint density at radius 2 is 1.44 bits per heavy atom. The van der Waals surface area contributed by atoms with Crippen molar-refractivity contribution in [3.63, 3.8) is 0 Å². The molecule has 2 atom stereocenters. The lowest BCUT2D eigenvalue weighted by Crippen LogP contribution is -2.53. The first-order valence-electron chi connectivity index (χ1n) is 4.71. The summed E-state index contributed by atoms with van der Waals surface area (Å²) in [5, 5.41) is 7.87. The van der Waals surface area contributed by atoms with Gasteiger partial charge in [0.2, 0.25) is 0 Å². The second-order valence-electron chi connectivity index (χ2n) is 4.30. The van der Waals surface area contributed by atoms with Crippen LogP contribution >= 0.6 is 0 Å². The highest BCUT2D eigenvalue weighted by Gasteiger charge is 2.53. The highest BCUT2D eigenvalue weighted by atomic mass is 32.2. The summed E-state index contributed by atoms with van der Waals surface area (Å²) >= 11 is 0. The quantitative estimate of drug-likeness (QED) is 0.734. The molecule has 0 radical (unpaired) electrons. The standard InChI is InChI=1S/C9H17NO4S2/c1-7(2)9(6-10,16(5,13)14)8(3)15(4,11)12/h7-8H,1-5H3. The fourth-order valence-electron chi connectivity index (χ4n) is 1.82. The number of nitrogens with zero attached hydrogens (tertiary/aromatic N) is 1. The molecular weight excluding hydrogens is 250 g/mol. The van der Waals surface area contributed by atoms with Crippen LogP contribution in [0.1, 0.15) is 20.8 Å². The van der Waals surface area contributed by atoms with Gasteiger partial charge in [0.15, 0.2) is 24.4 Å². The van der Waals surface area contributed by atoms with Gasteiger partial charge < -0.3 is 0 Å². The number of sulfone groups is 2. The molecule has 7 heteroatoms. The average Bonchev–Trinajstić information content (AvgIpc) is 2.00. The summed E-state index contributed by atoms with van der Waals surface area (Å²) in [5.74, 6) is -0.600. The van der Waals surface area contributed by atoms with Crippen LogP contribution in [-0.2, 0) is 19.7 Å². The van der Waals surface area contributed by atoms with Crippen LogP contribution in [0.3, 0.4) is 0 Å². The van der Waals surface area contributed by atoms with Crippen molar-refractivity contribution in [3.05, 3.63) is 0 Å². The van der Waals surface area contributed by atoms with Gasteiger partial charge in [0.05, 0.1) is 11.3 Å². The van der Waals surface area contributed by atoms with Crippen LogP contribution < -0.4 is 0 Å². The lowest BCUT2D eigenvalue weighted by atomic mass is 9.93. The number of hydrogen-bond donors (Lipinski definition) is 0. The van der Waals surface area contributed by atoms with Gasteiger partial charge in [-0.15, -0.1) is 0 Å². The lowest BCUT2D eigenvalue weighted by molar-refractivity contribution is 0.455. The molecule has 0 spiro atoms. The van der Waals surface area contributed by atoms with Crippen molar-refractivity contribution >= 4 is 19.7 Å². The smallest absolute Gasteiger partial charge is 0.176 e. The topological polar surface area (TPSA) is 92.1 Å². The predicted molar refractivity (Wildman–Crippen MR) is 62.3 cm³/mol. The molecule has 0 aromatic rings. The minimum Gasteiger partial charge on any atom is -0.229 e. The molecule has 94 valence electrons. The van der Waals surface area contributed by atoms with Gasteiger partial charge in [-0.25, -0.2) is 16.8 Å². The van der Waals surface area contributed by atoms with E-state index in [9.17, 15) is 16.8 Å². The third kappa shape index (κ3) is 2.38. The Morgan fingerprint density at radius 3 is 1.50 bits per heavy atom. The molecule has 0 fully saturated rings. The van der Waals surface area contributed by atoms with Crippen LogP contribution in [0.5, 0.6) is 0 Å².